The third-order valence-electron chi connectivity index (χ3n) is 9.19. The maximum Gasteiger partial charge on any atom is 0.309 e. The zero-order valence-corrected chi connectivity index (χ0v) is 24.4. The van der Waals surface area contributed by atoms with Gasteiger partial charge < -0.3 is 19.5 Å². The summed E-state index contributed by atoms with van der Waals surface area (Å²) in [5, 5.41) is 12.3. The molecule has 8 heteroatoms. The summed E-state index contributed by atoms with van der Waals surface area (Å²) in [5.41, 5.74) is 2.87. The number of thioether (sulfide) groups is 1. The van der Waals surface area contributed by atoms with Crippen LogP contribution in [0.5, 0.6) is 5.75 Å². The first-order valence-electron chi connectivity index (χ1n) is 14.9. The number of likely N-dealkylation sites (tertiary alicyclic amines) is 1. The highest BCUT2D eigenvalue weighted by Crippen LogP contribution is 2.38. The van der Waals surface area contributed by atoms with Gasteiger partial charge in [-0.1, -0.05) is 12.8 Å². The van der Waals surface area contributed by atoms with Gasteiger partial charge in [0.1, 0.15) is 5.75 Å². The molecular formula is C31H45N3O4S. The maximum atomic E-state index is 12.6. The van der Waals surface area contributed by atoms with Gasteiger partial charge in [-0.2, -0.15) is 11.8 Å². The van der Waals surface area contributed by atoms with Gasteiger partial charge in [-0.3, -0.25) is 14.7 Å². The van der Waals surface area contributed by atoms with Crippen LogP contribution in [0.3, 0.4) is 0 Å². The van der Waals surface area contributed by atoms with Crippen LogP contribution in [-0.4, -0.2) is 89.9 Å². The number of methoxy groups -OCH3 is 1. The summed E-state index contributed by atoms with van der Waals surface area (Å²) in [4.78, 5) is 22.3. The highest BCUT2D eigenvalue weighted by molar-refractivity contribution is 7.99. The van der Waals surface area contributed by atoms with Crippen LogP contribution in [0.2, 0.25) is 0 Å². The number of aromatic nitrogens is 1. The van der Waals surface area contributed by atoms with Gasteiger partial charge in [-0.25, -0.2) is 0 Å². The molecule has 0 spiro atoms. The summed E-state index contributed by atoms with van der Waals surface area (Å²) < 4.78 is 11.1. The molecule has 2 aliphatic heterocycles. The Kier molecular flexibility index (Phi) is 10.0. The molecule has 0 bridgehead atoms. The van der Waals surface area contributed by atoms with Gasteiger partial charge in [-0.05, 0) is 87.4 Å². The molecule has 214 valence electrons. The van der Waals surface area contributed by atoms with Crippen LogP contribution in [0.1, 0.15) is 62.5 Å². The smallest absolute Gasteiger partial charge is 0.309 e. The highest BCUT2D eigenvalue weighted by Gasteiger charge is 2.41. The molecule has 0 unspecified atom stereocenters. The van der Waals surface area contributed by atoms with Crippen LogP contribution in [0, 0.1) is 5.41 Å². The predicted octanol–water partition coefficient (Wildman–Crippen LogP) is 5.24. The lowest BCUT2D eigenvalue weighted by atomic mass is 9.74. The van der Waals surface area contributed by atoms with Crippen molar-refractivity contribution in [3.63, 3.8) is 0 Å². The second kappa shape index (κ2) is 13.7. The van der Waals surface area contributed by atoms with Crippen LogP contribution in [0.25, 0.3) is 10.9 Å². The minimum atomic E-state index is -0.614. The van der Waals surface area contributed by atoms with E-state index in [2.05, 4.69) is 27.6 Å². The van der Waals surface area contributed by atoms with Gasteiger partial charge in [0.2, 0.25) is 0 Å². The maximum absolute atomic E-state index is 12.6. The zero-order chi connectivity index (χ0) is 27.1. The van der Waals surface area contributed by atoms with Crippen molar-refractivity contribution in [3.8, 4) is 5.75 Å². The van der Waals surface area contributed by atoms with E-state index in [0.29, 0.717) is 0 Å². The Morgan fingerprint density at radius 1 is 1.15 bits per heavy atom. The van der Waals surface area contributed by atoms with E-state index in [-0.39, 0.29) is 0 Å². The van der Waals surface area contributed by atoms with Crippen molar-refractivity contribution in [1.29, 1.82) is 0 Å². The first-order valence-corrected chi connectivity index (χ1v) is 15.9. The number of rotatable bonds is 12. The van der Waals surface area contributed by atoms with Gasteiger partial charge >= 0.3 is 5.97 Å². The molecule has 3 fully saturated rings. The number of piperidine rings is 1. The van der Waals surface area contributed by atoms with Gasteiger partial charge in [-0.15, -0.1) is 0 Å². The fourth-order valence-electron chi connectivity index (χ4n) is 6.61. The van der Waals surface area contributed by atoms with E-state index >= 15 is 0 Å². The predicted molar refractivity (Wildman–Crippen MR) is 158 cm³/mol. The third-order valence-corrected chi connectivity index (χ3v) is 10.5. The summed E-state index contributed by atoms with van der Waals surface area (Å²) in [5.74, 6) is 1.39. The number of ether oxygens (including phenoxy) is 2. The molecule has 1 N–H and O–H groups in total. The average molecular weight is 556 g/mol. The first-order chi connectivity index (χ1) is 19.1. The van der Waals surface area contributed by atoms with Crippen LogP contribution < -0.4 is 4.74 Å². The Hall–Kier alpha value is -1.87. The molecule has 7 nitrogen and oxygen atoms in total. The number of hydrogen-bond acceptors (Lipinski definition) is 7. The monoisotopic (exact) mass is 555 g/mol. The third kappa shape index (κ3) is 7.26. The van der Waals surface area contributed by atoms with Gasteiger partial charge in [0, 0.05) is 48.8 Å². The second-order valence-electron chi connectivity index (χ2n) is 11.6. The largest absolute Gasteiger partial charge is 0.497 e. The number of carboxylic acid groups (broad SMARTS) is 1. The Morgan fingerprint density at radius 2 is 1.92 bits per heavy atom. The fourth-order valence-corrected chi connectivity index (χ4v) is 7.97. The van der Waals surface area contributed by atoms with Crippen molar-refractivity contribution in [3.05, 3.63) is 35.5 Å². The van der Waals surface area contributed by atoms with Crippen LogP contribution in [0.4, 0.5) is 0 Å². The lowest BCUT2D eigenvalue weighted by Gasteiger charge is -2.39. The summed E-state index contributed by atoms with van der Waals surface area (Å²) in [6.45, 7) is 7.11. The van der Waals surface area contributed by atoms with Gasteiger partial charge in [0.25, 0.3) is 0 Å². The summed E-state index contributed by atoms with van der Waals surface area (Å²) >= 11 is 2.13. The van der Waals surface area contributed by atoms with E-state index in [1.807, 2.05) is 18.3 Å². The molecule has 3 aliphatic rings. The molecule has 0 atom stereocenters. The normalized spacial score (nSPS) is 20.9. The molecule has 39 heavy (non-hydrogen) atoms. The minimum absolute atomic E-state index is 0.611. The number of fused-ring (bicyclic) bond motifs is 1. The lowest BCUT2D eigenvalue weighted by Crippen LogP contribution is -2.45. The summed E-state index contributed by atoms with van der Waals surface area (Å²) in [7, 11) is 1.70. The number of aryl methyl sites for hydroxylation is 1. The van der Waals surface area contributed by atoms with Crippen molar-refractivity contribution in [1.82, 2.24) is 14.8 Å². The van der Waals surface area contributed by atoms with Crippen molar-refractivity contribution in [2.45, 2.75) is 69.6 Å². The Balaban J connectivity index is 1.23. The summed E-state index contributed by atoms with van der Waals surface area (Å²) in [6, 6.07) is 6.07. The number of nitrogens with zero attached hydrogens (tertiary/aromatic N) is 3. The fraction of sp³-hybridized carbons (Fsp3) is 0.677. The molecule has 3 heterocycles. The van der Waals surface area contributed by atoms with Crippen molar-refractivity contribution < 1.29 is 19.4 Å². The number of morpholine rings is 1. The van der Waals surface area contributed by atoms with E-state index in [4.69, 9.17) is 14.5 Å². The topological polar surface area (TPSA) is 75.1 Å². The summed E-state index contributed by atoms with van der Waals surface area (Å²) in [6.07, 6.45) is 11.5. The number of pyridine rings is 1. The number of hydrogen-bond donors (Lipinski definition) is 1. The van der Waals surface area contributed by atoms with E-state index in [1.165, 1.54) is 42.6 Å². The molecule has 2 saturated heterocycles. The van der Waals surface area contributed by atoms with Crippen molar-refractivity contribution in [2.24, 2.45) is 5.41 Å². The van der Waals surface area contributed by atoms with Crippen LogP contribution in [-0.2, 0) is 22.5 Å². The molecule has 1 aromatic carbocycles. The minimum Gasteiger partial charge on any atom is -0.497 e. The number of benzene rings is 1. The zero-order valence-electron chi connectivity index (χ0n) is 23.5. The van der Waals surface area contributed by atoms with Gasteiger partial charge in [0.05, 0.1) is 31.3 Å². The molecule has 0 amide bonds. The molecule has 2 aromatic rings. The second-order valence-corrected chi connectivity index (χ2v) is 13.0. The lowest BCUT2D eigenvalue weighted by molar-refractivity contribution is -0.152. The van der Waals surface area contributed by atoms with E-state index in [0.717, 1.165) is 106 Å². The van der Waals surface area contributed by atoms with Gasteiger partial charge in [0.15, 0.2) is 0 Å². The first kappa shape index (κ1) is 28.7. The molecule has 1 saturated carbocycles. The molecule has 5 rings (SSSR count). The molecular weight excluding hydrogens is 510 g/mol. The standard InChI is InChI=1S/C31H45N3O4S/c1-37-25-8-9-29-28(21-25)27(24(22-32-29)23-34-15-18-38-19-16-34)7-4-10-31(30(35)36)11-13-33(14-12-31)17-20-39-26-5-2-3-6-26/h8-9,21-22,26H,2-7,10-20,23H2,1H3,(H,35,36). The number of carboxylic acids is 1. The quantitative estimate of drug-likeness (QED) is 0.381. The SMILES string of the molecule is COc1ccc2ncc(CN3CCOCC3)c(CCCC3(C(=O)O)CCN(CCSC4CCCC4)CC3)c2c1. The number of carbonyl (C=O) groups is 1. The Morgan fingerprint density at radius 3 is 2.64 bits per heavy atom. The Labute approximate surface area is 237 Å². The molecule has 1 aliphatic carbocycles. The highest BCUT2D eigenvalue weighted by atomic mass is 32.2. The van der Waals surface area contributed by atoms with Crippen molar-refractivity contribution >= 4 is 28.6 Å². The Bertz CT molecular complexity index is 1090. The molecule has 1 aromatic heterocycles. The molecule has 0 radical (unpaired) electrons. The van der Waals surface area contributed by atoms with E-state index in [1.54, 1.807) is 7.11 Å². The average Bonchev–Trinajstić information content (AvgIpc) is 3.48. The van der Waals surface area contributed by atoms with E-state index < -0.39 is 11.4 Å². The van der Waals surface area contributed by atoms with Crippen LogP contribution >= 0.6 is 11.8 Å². The number of aliphatic carboxylic acids is 1. The van der Waals surface area contributed by atoms with Crippen molar-refractivity contribution in [2.75, 3.05) is 58.8 Å². The van der Waals surface area contributed by atoms with E-state index in [9.17, 15) is 9.90 Å². The van der Waals surface area contributed by atoms with Crippen LogP contribution in [0.15, 0.2) is 24.4 Å².